The average molecular weight is 342 g/mol. The predicted octanol–water partition coefficient (Wildman–Crippen LogP) is 5.09. The van der Waals surface area contributed by atoms with Gasteiger partial charge in [0.25, 0.3) is 0 Å². The van der Waals surface area contributed by atoms with Gasteiger partial charge >= 0.3 is 0 Å². The molecule has 0 aliphatic heterocycles. The van der Waals surface area contributed by atoms with Gasteiger partial charge in [0.15, 0.2) is 0 Å². The fourth-order valence-corrected chi connectivity index (χ4v) is 3.05. The minimum absolute atomic E-state index is 0.134. The largest absolute Gasteiger partial charge is 0.395 e. The lowest BCUT2D eigenvalue weighted by atomic mass is 10.0. The monoisotopic (exact) mass is 341 g/mol. The van der Waals surface area contributed by atoms with Gasteiger partial charge in [0.1, 0.15) is 0 Å². The standard InChI is InChI=1S/C21H43NO2/c1-3-4-5-9-12-15-19(2)16-13-10-7-6-8-11-14-17-21(24)20(22)18-23/h20-21,23-24H,2-18,22H2,1H3. The third-order valence-corrected chi connectivity index (χ3v) is 4.87. The van der Waals surface area contributed by atoms with E-state index in [4.69, 9.17) is 10.8 Å². The maximum absolute atomic E-state index is 9.65. The molecule has 0 aromatic rings. The van der Waals surface area contributed by atoms with Crippen LogP contribution in [0.4, 0.5) is 0 Å². The highest BCUT2D eigenvalue weighted by molar-refractivity contribution is 4.93. The van der Waals surface area contributed by atoms with Crippen LogP contribution in [0.2, 0.25) is 0 Å². The van der Waals surface area contributed by atoms with E-state index in [1.54, 1.807) is 0 Å². The van der Waals surface area contributed by atoms with Gasteiger partial charge in [0, 0.05) is 0 Å². The van der Waals surface area contributed by atoms with E-state index in [0.717, 1.165) is 12.8 Å². The third-order valence-electron chi connectivity index (χ3n) is 4.87. The van der Waals surface area contributed by atoms with Gasteiger partial charge in [0.05, 0.1) is 18.8 Å². The number of aliphatic hydroxyl groups is 2. The Balaban J connectivity index is 3.26. The molecule has 144 valence electrons. The molecule has 2 atom stereocenters. The topological polar surface area (TPSA) is 66.5 Å². The lowest BCUT2D eigenvalue weighted by molar-refractivity contribution is 0.0990. The van der Waals surface area contributed by atoms with Gasteiger partial charge in [-0.3, -0.25) is 0 Å². The summed E-state index contributed by atoms with van der Waals surface area (Å²) in [5, 5.41) is 18.5. The highest BCUT2D eigenvalue weighted by atomic mass is 16.3. The third kappa shape index (κ3) is 15.2. The van der Waals surface area contributed by atoms with Crippen LogP contribution in [0.1, 0.15) is 103 Å². The van der Waals surface area contributed by atoms with E-state index in [-0.39, 0.29) is 6.61 Å². The summed E-state index contributed by atoms with van der Waals surface area (Å²) in [6.07, 6.45) is 17.9. The molecule has 3 heteroatoms. The molecule has 0 saturated heterocycles. The van der Waals surface area contributed by atoms with E-state index < -0.39 is 12.1 Å². The smallest absolute Gasteiger partial charge is 0.0713 e. The van der Waals surface area contributed by atoms with E-state index in [2.05, 4.69) is 13.5 Å². The van der Waals surface area contributed by atoms with Gasteiger partial charge < -0.3 is 15.9 Å². The second-order valence-corrected chi connectivity index (χ2v) is 7.34. The molecule has 0 saturated carbocycles. The van der Waals surface area contributed by atoms with Crippen molar-refractivity contribution in [1.82, 2.24) is 0 Å². The molecular formula is C21H43NO2. The number of unbranched alkanes of at least 4 members (excludes halogenated alkanes) is 10. The van der Waals surface area contributed by atoms with Crippen LogP contribution in [0.25, 0.3) is 0 Å². The number of hydrogen-bond acceptors (Lipinski definition) is 3. The van der Waals surface area contributed by atoms with Crippen molar-refractivity contribution in [2.75, 3.05) is 6.61 Å². The maximum atomic E-state index is 9.65. The van der Waals surface area contributed by atoms with Gasteiger partial charge in [-0.1, -0.05) is 83.3 Å². The summed E-state index contributed by atoms with van der Waals surface area (Å²) in [5.74, 6) is 0. The molecule has 0 aromatic carbocycles. The lowest BCUT2D eigenvalue weighted by Gasteiger charge is -2.15. The number of rotatable bonds is 18. The first-order valence-electron chi connectivity index (χ1n) is 10.3. The quantitative estimate of drug-likeness (QED) is 0.240. The molecule has 2 unspecified atom stereocenters. The summed E-state index contributed by atoms with van der Waals surface area (Å²) < 4.78 is 0. The first-order valence-corrected chi connectivity index (χ1v) is 10.3. The molecule has 0 amide bonds. The van der Waals surface area contributed by atoms with Crippen LogP contribution in [0.15, 0.2) is 12.2 Å². The Hall–Kier alpha value is -0.380. The zero-order valence-electron chi connectivity index (χ0n) is 16.1. The molecule has 0 aliphatic rings. The number of hydrogen-bond donors (Lipinski definition) is 3. The Morgan fingerprint density at radius 1 is 0.833 bits per heavy atom. The summed E-state index contributed by atoms with van der Waals surface area (Å²) in [6.45, 7) is 6.34. The maximum Gasteiger partial charge on any atom is 0.0713 e. The molecular weight excluding hydrogens is 298 g/mol. The Labute approximate surface area is 150 Å². The molecule has 0 aliphatic carbocycles. The van der Waals surface area contributed by atoms with Crippen LogP contribution in [0.3, 0.4) is 0 Å². The Kier molecular flexibility index (Phi) is 17.2. The Bertz CT molecular complexity index is 281. The molecule has 0 aromatic heterocycles. The molecule has 0 rings (SSSR count). The van der Waals surface area contributed by atoms with Crippen LogP contribution in [0.5, 0.6) is 0 Å². The summed E-state index contributed by atoms with van der Waals surface area (Å²) in [4.78, 5) is 0. The second kappa shape index (κ2) is 17.4. The van der Waals surface area contributed by atoms with Crippen molar-refractivity contribution in [1.29, 1.82) is 0 Å². The van der Waals surface area contributed by atoms with Gasteiger partial charge in [-0.05, 0) is 32.1 Å². The van der Waals surface area contributed by atoms with E-state index in [9.17, 15) is 5.11 Å². The zero-order valence-corrected chi connectivity index (χ0v) is 16.1. The highest BCUT2D eigenvalue weighted by Crippen LogP contribution is 2.17. The van der Waals surface area contributed by atoms with Crippen molar-refractivity contribution < 1.29 is 10.2 Å². The molecule has 4 N–H and O–H groups in total. The highest BCUT2D eigenvalue weighted by Gasteiger charge is 2.12. The second-order valence-electron chi connectivity index (χ2n) is 7.34. The lowest BCUT2D eigenvalue weighted by Crippen LogP contribution is -2.37. The van der Waals surface area contributed by atoms with Crippen molar-refractivity contribution in [2.45, 2.75) is 115 Å². The van der Waals surface area contributed by atoms with Crippen LogP contribution < -0.4 is 5.73 Å². The molecule has 0 spiro atoms. The van der Waals surface area contributed by atoms with E-state index in [1.807, 2.05) is 0 Å². The van der Waals surface area contributed by atoms with Gasteiger partial charge in [0.2, 0.25) is 0 Å². The van der Waals surface area contributed by atoms with Crippen molar-refractivity contribution in [3.8, 4) is 0 Å². The van der Waals surface area contributed by atoms with E-state index in [0.29, 0.717) is 6.42 Å². The summed E-state index contributed by atoms with van der Waals surface area (Å²) >= 11 is 0. The van der Waals surface area contributed by atoms with Crippen molar-refractivity contribution >= 4 is 0 Å². The van der Waals surface area contributed by atoms with Crippen LogP contribution in [-0.4, -0.2) is 29.0 Å². The van der Waals surface area contributed by atoms with Gasteiger partial charge in [-0.25, -0.2) is 0 Å². The van der Waals surface area contributed by atoms with E-state index in [1.165, 1.54) is 82.6 Å². The molecule has 0 fully saturated rings. The SMILES string of the molecule is C=C(CCCCCCC)CCCCCCCCCC(O)C(N)CO. The van der Waals surface area contributed by atoms with Crippen LogP contribution in [0, 0.1) is 0 Å². The minimum Gasteiger partial charge on any atom is -0.395 e. The fourth-order valence-electron chi connectivity index (χ4n) is 3.05. The summed E-state index contributed by atoms with van der Waals surface area (Å²) in [5.41, 5.74) is 7.03. The number of nitrogens with two attached hydrogens (primary N) is 1. The molecule has 0 heterocycles. The average Bonchev–Trinajstić information content (AvgIpc) is 2.59. The normalized spacial score (nSPS) is 13.8. The fraction of sp³-hybridized carbons (Fsp3) is 0.905. The van der Waals surface area contributed by atoms with Gasteiger partial charge in [-0.15, -0.1) is 0 Å². The number of aliphatic hydroxyl groups excluding tert-OH is 2. The molecule has 0 bridgehead atoms. The van der Waals surface area contributed by atoms with Crippen LogP contribution >= 0.6 is 0 Å². The van der Waals surface area contributed by atoms with Crippen molar-refractivity contribution in [2.24, 2.45) is 5.73 Å². The zero-order chi connectivity index (χ0) is 18.0. The molecule has 24 heavy (non-hydrogen) atoms. The van der Waals surface area contributed by atoms with Crippen molar-refractivity contribution in [3.05, 3.63) is 12.2 Å². The van der Waals surface area contributed by atoms with Crippen molar-refractivity contribution in [3.63, 3.8) is 0 Å². The first-order chi connectivity index (χ1) is 11.6. The van der Waals surface area contributed by atoms with E-state index >= 15 is 0 Å². The predicted molar refractivity (Wildman–Crippen MR) is 105 cm³/mol. The summed E-state index contributed by atoms with van der Waals surface area (Å²) in [7, 11) is 0. The first kappa shape index (κ1) is 23.6. The minimum atomic E-state index is -0.553. The summed E-state index contributed by atoms with van der Waals surface area (Å²) in [6, 6.07) is -0.482. The number of allylic oxidation sites excluding steroid dienone is 1. The molecule has 0 radical (unpaired) electrons. The Morgan fingerprint density at radius 2 is 1.29 bits per heavy atom. The Morgan fingerprint density at radius 3 is 1.79 bits per heavy atom. The molecule has 3 nitrogen and oxygen atoms in total. The van der Waals surface area contributed by atoms with Crippen LogP contribution in [-0.2, 0) is 0 Å². The van der Waals surface area contributed by atoms with Gasteiger partial charge in [-0.2, -0.15) is 0 Å².